The van der Waals surface area contributed by atoms with Crippen molar-refractivity contribution in [3.63, 3.8) is 0 Å². The number of aliphatic carboxylic acids is 1. The van der Waals surface area contributed by atoms with Crippen LogP contribution in [0, 0.1) is 13.8 Å². The van der Waals surface area contributed by atoms with Gasteiger partial charge in [0.15, 0.2) is 0 Å². The van der Waals surface area contributed by atoms with Crippen molar-refractivity contribution >= 4 is 33.3 Å². The number of anilines is 2. The molecule has 3 aromatic carbocycles. The van der Waals surface area contributed by atoms with Crippen LogP contribution < -0.4 is 9.62 Å². The van der Waals surface area contributed by atoms with Gasteiger partial charge in [0.2, 0.25) is 0 Å². The Morgan fingerprint density at radius 1 is 0.921 bits per heavy atom. The predicted molar refractivity (Wildman–Crippen MR) is 137 cm³/mol. The molecule has 0 aliphatic heterocycles. The van der Waals surface area contributed by atoms with E-state index in [-0.39, 0.29) is 16.1 Å². The molecule has 0 heterocycles. The van der Waals surface area contributed by atoms with Crippen molar-refractivity contribution in [3.05, 3.63) is 89.0 Å². The molecule has 0 spiro atoms. The van der Waals surface area contributed by atoms with Crippen molar-refractivity contribution in [3.8, 4) is 0 Å². The van der Waals surface area contributed by atoms with E-state index in [1.54, 1.807) is 24.3 Å². The maximum absolute atomic E-state index is 12.8. The Kier molecular flexibility index (Phi) is 9.89. The van der Waals surface area contributed by atoms with Gasteiger partial charge in [0.25, 0.3) is 10.0 Å². The molecular formula is C26H27F3N2O6S. The molecule has 12 heteroatoms. The SMILES string of the molecule is CCN(Cc1ccccc1)c1ccc(NS(=O)(=O)c2cc(C)cc(C)c2)cc1C(=O)O.O=C(O)C(F)(F)F. The number of carbonyl (C=O) groups is 2. The van der Waals surface area contributed by atoms with Gasteiger partial charge in [0.1, 0.15) is 0 Å². The summed E-state index contributed by atoms with van der Waals surface area (Å²) < 4.78 is 59.9. The molecule has 8 nitrogen and oxygen atoms in total. The van der Waals surface area contributed by atoms with E-state index < -0.39 is 28.1 Å². The lowest BCUT2D eigenvalue weighted by Crippen LogP contribution is -2.24. The van der Waals surface area contributed by atoms with E-state index >= 15 is 0 Å². The van der Waals surface area contributed by atoms with E-state index in [1.165, 1.54) is 6.07 Å². The quantitative estimate of drug-likeness (QED) is 0.339. The van der Waals surface area contributed by atoms with Crippen LogP contribution >= 0.6 is 0 Å². The van der Waals surface area contributed by atoms with Gasteiger partial charge >= 0.3 is 18.1 Å². The monoisotopic (exact) mass is 552 g/mol. The molecule has 0 saturated heterocycles. The second-order valence-electron chi connectivity index (χ2n) is 8.27. The molecule has 0 unspecified atom stereocenters. The van der Waals surface area contributed by atoms with Crippen LogP contribution in [0.15, 0.2) is 71.6 Å². The van der Waals surface area contributed by atoms with Gasteiger partial charge in [-0.05, 0) is 67.8 Å². The highest BCUT2D eigenvalue weighted by atomic mass is 32.2. The maximum Gasteiger partial charge on any atom is 0.490 e. The minimum Gasteiger partial charge on any atom is -0.478 e. The number of nitrogens with one attached hydrogen (secondary N) is 1. The van der Waals surface area contributed by atoms with Gasteiger partial charge in [-0.2, -0.15) is 13.2 Å². The molecule has 0 aliphatic rings. The molecule has 0 aliphatic carbocycles. The standard InChI is InChI=1S/C24H26N2O4S.C2HF3O2/c1-4-26(16-19-8-6-5-7-9-19)23-11-10-20(15-22(23)24(27)28)25-31(29,30)21-13-17(2)12-18(3)14-21;3-2(4,5)1(6)7/h5-15,25H,4,16H2,1-3H3,(H,27,28);(H,6,7). The molecule has 0 saturated carbocycles. The summed E-state index contributed by atoms with van der Waals surface area (Å²) in [6.07, 6.45) is -5.08. The Bertz CT molecular complexity index is 1370. The van der Waals surface area contributed by atoms with Crippen molar-refractivity contribution in [1.29, 1.82) is 0 Å². The van der Waals surface area contributed by atoms with Gasteiger partial charge in [-0.15, -0.1) is 0 Å². The van der Waals surface area contributed by atoms with E-state index in [9.17, 15) is 31.5 Å². The van der Waals surface area contributed by atoms with Crippen LogP contribution in [0.4, 0.5) is 24.5 Å². The number of carboxylic acids is 2. The third kappa shape index (κ3) is 8.51. The first-order valence-corrected chi connectivity index (χ1v) is 12.7. The topological polar surface area (TPSA) is 124 Å². The summed E-state index contributed by atoms with van der Waals surface area (Å²) in [5, 5.41) is 16.9. The van der Waals surface area contributed by atoms with Gasteiger partial charge in [-0.25, -0.2) is 18.0 Å². The first-order valence-electron chi connectivity index (χ1n) is 11.2. The number of benzene rings is 3. The van der Waals surface area contributed by atoms with Crippen LogP contribution in [0.3, 0.4) is 0 Å². The molecule has 0 radical (unpaired) electrons. The number of hydrogen-bond acceptors (Lipinski definition) is 5. The number of carboxylic acid groups (broad SMARTS) is 2. The summed E-state index contributed by atoms with van der Waals surface area (Å²) in [5.41, 5.74) is 3.51. The van der Waals surface area contributed by atoms with Crippen molar-refractivity contribution < 1.29 is 41.4 Å². The fourth-order valence-corrected chi connectivity index (χ4v) is 4.76. The molecule has 0 amide bonds. The molecule has 3 N–H and O–H groups in total. The second kappa shape index (κ2) is 12.5. The highest BCUT2D eigenvalue weighted by Gasteiger charge is 2.38. The number of hydrogen-bond donors (Lipinski definition) is 3. The third-order valence-corrected chi connectivity index (χ3v) is 6.53. The number of halogens is 3. The van der Waals surface area contributed by atoms with E-state index in [1.807, 2.05) is 62.1 Å². The molecule has 3 rings (SSSR count). The Balaban J connectivity index is 0.000000638. The number of aryl methyl sites for hydroxylation is 2. The van der Waals surface area contributed by atoms with E-state index in [4.69, 9.17) is 9.90 Å². The number of alkyl halides is 3. The van der Waals surface area contributed by atoms with Crippen LogP contribution in [0.2, 0.25) is 0 Å². The molecule has 204 valence electrons. The second-order valence-corrected chi connectivity index (χ2v) is 9.95. The smallest absolute Gasteiger partial charge is 0.478 e. The normalized spacial score (nSPS) is 11.2. The first-order chi connectivity index (χ1) is 17.6. The van der Waals surface area contributed by atoms with E-state index in [2.05, 4.69) is 4.72 Å². The van der Waals surface area contributed by atoms with Crippen LogP contribution in [-0.2, 0) is 21.4 Å². The lowest BCUT2D eigenvalue weighted by molar-refractivity contribution is -0.192. The molecule has 38 heavy (non-hydrogen) atoms. The van der Waals surface area contributed by atoms with Crippen molar-refractivity contribution in [1.82, 2.24) is 0 Å². The van der Waals surface area contributed by atoms with Gasteiger partial charge in [0, 0.05) is 18.8 Å². The molecule has 0 fully saturated rings. The highest BCUT2D eigenvalue weighted by Crippen LogP contribution is 2.28. The van der Waals surface area contributed by atoms with Crippen molar-refractivity contribution in [2.45, 2.75) is 38.4 Å². The van der Waals surface area contributed by atoms with Crippen LogP contribution in [0.5, 0.6) is 0 Å². The number of nitrogens with zero attached hydrogens (tertiary/aromatic N) is 1. The Hall–Kier alpha value is -4.06. The van der Waals surface area contributed by atoms with Crippen molar-refractivity contribution in [2.24, 2.45) is 0 Å². The lowest BCUT2D eigenvalue weighted by Gasteiger charge is -2.25. The number of rotatable bonds is 8. The van der Waals surface area contributed by atoms with E-state index in [0.717, 1.165) is 16.7 Å². The van der Waals surface area contributed by atoms with E-state index in [0.29, 0.717) is 18.8 Å². The largest absolute Gasteiger partial charge is 0.490 e. The molecule has 0 aromatic heterocycles. The van der Waals surface area contributed by atoms with Gasteiger partial charge in [-0.3, -0.25) is 4.72 Å². The third-order valence-electron chi connectivity index (χ3n) is 5.17. The average Bonchev–Trinajstić information content (AvgIpc) is 2.82. The zero-order chi connectivity index (χ0) is 28.7. The maximum atomic E-state index is 12.8. The fraction of sp³-hybridized carbons (Fsp3) is 0.231. The molecule has 0 bridgehead atoms. The summed E-state index contributed by atoms with van der Waals surface area (Å²) in [6, 6.07) is 19.4. The van der Waals surface area contributed by atoms with Crippen LogP contribution in [0.25, 0.3) is 0 Å². The zero-order valence-corrected chi connectivity index (χ0v) is 21.6. The Labute approximate surface area is 218 Å². The zero-order valence-electron chi connectivity index (χ0n) is 20.8. The molecule has 3 aromatic rings. The number of aromatic carboxylic acids is 1. The lowest BCUT2D eigenvalue weighted by atomic mass is 10.1. The Morgan fingerprint density at radius 3 is 1.95 bits per heavy atom. The van der Waals surface area contributed by atoms with Crippen LogP contribution in [-0.4, -0.2) is 43.3 Å². The molecular weight excluding hydrogens is 525 g/mol. The highest BCUT2D eigenvalue weighted by molar-refractivity contribution is 7.92. The van der Waals surface area contributed by atoms with Crippen LogP contribution in [0.1, 0.15) is 34.0 Å². The van der Waals surface area contributed by atoms with Gasteiger partial charge < -0.3 is 15.1 Å². The fourth-order valence-electron chi connectivity index (χ4n) is 3.52. The number of sulfonamides is 1. The van der Waals surface area contributed by atoms with Crippen molar-refractivity contribution in [2.75, 3.05) is 16.2 Å². The minimum atomic E-state index is -5.08. The average molecular weight is 553 g/mol. The minimum absolute atomic E-state index is 0.0402. The van der Waals surface area contributed by atoms with Gasteiger partial charge in [0.05, 0.1) is 16.1 Å². The predicted octanol–water partition coefficient (Wildman–Crippen LogP) is 5.46. The summed E-state index contributed by atoms with van der Waals surface area (Å²) in [6.45, 7) is 6.75. The summed E-state index contributed by atoms with van der Waals surface area (Å²) >= 11 is 0. The summed E-state index contributed by atoms with van der Waals surface area (Å²) in [7, 11) is -3.84. The molecule has 0 atom stereocenters. The first kappa shape index (κ1) is 30.2. The summed E-state index contributed by atoms with van der Waals surface area (Å²) in [5.74, 6) is -3.87. The Morgan fingerprint density at radius 2 is 1.47 bits per heavy atom. The summed E-state index contributed by atoms with van der Waals surface area (Å²) in [4.78, 5) is 23.0. The van der Waals surface area contributed by atoms with Gasteiger partial charge in [-0.1, -0.05) is 36.4 Å².